The van der Waals surface area contributed by atoms with Crippen LogP contribution in [0.5, 0.6) is 0 Å². The molecule has 0 saturated heterocycles. The van der Waals surface area contributed by atoms with Gasteiger partial charge in [0.2, 0.25) is 0 Å². The van der Waals surface area contributed by atoms with Gasteiger partial charge in [-0.05, 0) is 37.8 Å². The molecular formula is C21H27NO3. The minimum Gasteiger partial charge on any atom is -0.465 e. The molecule has 1 aromatic heterocycles. The Kier molecular flexibility index (Phi) is 5.57. The summed E-state index contributed by atoms with van der Waals surface area (Å²) in [6, 6.07) is 8.31. The van der Waals surface area contributed by atoms with E-state index in [0.29, 0.717) is 13.0 Å². The summed E-state index contributed by atoms with van der Waals surface area (Å²) in [6.45, 7) is 5.30. The third kappa shape index (κ3) is 3.35. The van der Waals surface area contributed by atoms with Gasteiger partial charge in [-0.3, -0.25) is 4.79 Å². The number of fused-ring (bicyclic) bond motifs is 3. The molecule has 0 saturated carbocycles. The van der Waals surface area contributed by atoms with Crippen molar-refractivity contribution in [1.29, 1.82) is 0 Å². The van der Waals surface area contributed by atoms with Gasteiger partial charge < -0.3 is 14.1 Å². The number of benzene rings is 1. The summed E-state index contributed by atoms with van der Waals surface area (Å²) in [6.07, 6.45) is 5.69. The molecule has 3 rings (SSSR count). The highest BCUT2D eigenvalue weighted by molar-refractivity contribution is 5.90. The normalized spacial score (nSPS) is 19.6. The number of hydrogen-bond acceptors (Lipinski definition) is 3. The van der Waals surface area contributed by atoms with Crippen molar-refractivity contribution < 1.29 is 14.3 Å². The molecule has 0 bridgehead atoms. The average Bonchev–Trinajstić information content (AvgIpc) is 2.95. The van der Waals surface area contributed by atoms with Gasteiger partial charge >= 0.3 is 5.97 Å². The van der Waals surface area contributed by atoms with Gasteiger partial charge in [-0.25, -0.2) is 0 Å². The number of carbonyl (C=O) groups excluding carboxylic acids is 2. The molecule has 1 heterocycles. The van der Waals surface area contributed by atoms with Crippen LogP contribution >= 0.6 is 0 Å². The van der Waals surface area contributed by atoms with Crippen molar-refractivity contribution in [2.45, 2.75) is 58.4 Å². The highest BCUT2D eigenvalue weighted by Crippen LogP contribution is 2.41. The first-order valence-corrected chi connectivity index (χ1v) is 9.43. The molecule has 134 valence electrons. The molecule has 25 heavy (non-hydrogen) atoms. The molecule has 1 aliphatic carbocycles. The van der Waals surface area contributed by atoms with Crippen molar-refractivity contribution in [3.8, 4) is 0 Å². The lowest BCUT2D eigenvalue weighted by Crippen LogP contribution is -2.28. The van der Waals surface area contributed by atoms with E-state index in [-0.39, 0.29) is 17.8 Å². The average molecular weight is 341 g/mol. The summed E-state index contributed by atoms with van der Waals surface area (Å²) >= 11 is 0. The highest BCUT2D eigenvalue weighted by atomic mass is 16.5. The minimum atomic E-state index is -0.340. The molecule has 0 spiro atoms. The second-order valence-corrected chi connectivity index (χ2v) is 6.88. The van der Waals surface area contributed by atoms with E-state index in [4.69, 9.17) is 4.74 Å². The zero-order valence-electron chi connectivity index (χ0n) is 15.2. The number of hydrogen-bond donors (Lipinski definition) is 0. The monoisotopic (exact) mass is 341 g/mol. The third-order valence-corrected chi connectivity index (χ3v) is 5.20. The van der Waals surface area contributed by atoms with Gasteiger partial charge in [0.1, 0.15) is 6.29 Å². The number of unbranched alkanes of at least 4 members (excludes halogenated alkanes) is 2. The van der Waals surface area contributed by atoms with E-state index < -0.39 is 0 Å². The smallest absolute Gasteiger partial charge is 0.314 e. The molecule has 2 atom stereocenters. The fourth-order valence-electron chi connectivity index (χ4n) is 4.08. The number of esters is 1. The summed E-state index contributed by atoms with van der Waals surface area (Å²) in [5.41, 5.74) is 3.41. The van der Waals surface area contributed by atoms with E-state index in [2.05, 4.69) is 23.6 Å². The molecule has 1 aromatic carbocycles. The number of nitrogens with zero attached hydrogens (tertiary/aromatic N) is 1. The maximum absolute atomic E-state index is 12.6. The van der Waals surface area contributed by atoms with Crippen LogP contribution in [0, 0.1) is 5.92 Å². The van der Waals surface area contributed by atoms with Crippen LogP contribution in [0.3, 0.4) is 0 Å². The first-order chi connectivity index (χ1) is 12.2. The summed E-state index contributed by atoms with van der Waals surface area (Å²) < 4.78 is 7.65. The molecule has 0 fully saturated rings. The number of ether oxygens (including phenoxy) is 1. The largest absolute Gasteiger partial charge is 0.465 e. The van der Waals surface area contributed by atoms with E-state index in [0.717, 1.165) is 43.4 Å². The molecule has 1 aliphatic rings. The number of aryl methyl sites for hydroxylation is 1. The molecule has 2 aromatic rings. The number of para-hydroxylation sites is 1. The van der Waals surface area contributed by atoms with Crippen LogP contribution in [0.15, 0.2) is 24.3 Å². The Bertz CT molecular complexity index is 762. The van der Waals surface area contributed by atoms with Crippen molar-refractivity contribution in [3.05, 3.63) is 35.5 Å². The SMILES string of the molecule is CCCCCn1c2c(c3ccccc31)CC(C=O)CC2C(=O)OCC. The van der Waals surface area contributed by atoms with E-state index in [1.807, 2.05) is 19.1 Å². The number of aldehydes is 1. The van der Waals surface area contributed by atoms with Crippen molar-refractivity contribution in [2.24, 2.45) is 5.92 Å². The van der Waals surface area contributed by atoms with Crippen LogP contribution < -0.4 is 0 Å². The van der Waals surface area contributed by atoms with Gasteiger partial charge in [0.25, 0.3) is 0 Å². The lowest BCUT2D eigenvalue weighted by atomic mass is 9.80. The quantitative estimate of drug-likeness (QED) is 0.430. The standard InChI is InChI=1S/C21H27NO3/c1-3-5-8-11-22-19-10-7-6-9-16(19)17-12-15(14-23)13-18(20(17)22)21(24)25-4-2/h6-7,9-10,14-15,18H,3-5,8,11-13H2,1-2H3. The van der Waals surface area contributed by atoms with Crippen LogP contribution in [-0.4, -0.2) is 23.4 Å². The second-order valence-electron chi connectivity index (χ2n) is 6.88. The van der Waals surface area contributed by atoms with Gasteiger partial charge in [-0.2, -0.15) is 0 Å². The lowest BCUT2D eigenvalue weighted by molar-refractivity contribution is -0.145. The molecule has 4 nitrogen and oxygen atoms in total. The lowest BCUT2D eigenvalue weighted by Gasteiger charge is -2.27. The Morgan fingerprint density at radius 2 is 2.08 bits per heavy atom. The number of carbonyl (C=O) groups is 2. The predicted molar refractivity (Wildman–Crippen MR) is 98.7 cm³/mol. The minimum absolute atomic E-state index is 0.114. The molecule has 0 amide bonds. The van der Waals surface area contributed by atoms with Crippen molar-refractivity contribution in [2.75, 3.05) is 6.61 Å². The van der Waals surface area contributed by atoms with Crippen molar-refractivity contribution >= 4 is 23.2 Å². The zero-order chi connectivity index (χ0) is 17.8. The molecule has 2 unspecified atom stereocenters. The van der Waals surface area contributed by atoms with Gasteiger partial charge in [0.05, 0.1) is 12.5 Å². The fourth-order valence-corrected chi connectivity index (χ4v) is 4.08. The van der Waals surface area contributed by atoms with E-state index >= 15 is 0 Å². The molecule has 4 heteroatoms. The van der Waals surface area contributed by atoms with Crippen LogP contribution in [0.1, 0.15) is 56.7 Å². The van der Waals surface area contributed by atoms with Crippen LogP contribution in [0.4, 0.5) is 0 Å². The van der Waals surface area contributed by atoms with Gasteiger partial charge in [-0.15, -0.1) is 0 Å². The van der Waals surface area contributed by atoms with Crippen LogP contribution in [0.25, 0.3) is 10.9 Å². The summed E-state index contributed by atoms with van der Waals surface area (Å²) in [4.78, 5) is 24.1. The van der Waals surface area contributed by atoms with Crippen molar-refractivity contribution in [3.63, 3.8) is 0 Å². The van der Waals surface area contributed by atoms with Crippen LogP contribution in [0.2, 0.25) is 0 Å². The summed E-state index contributed by atoms with van der Waals surface area (Å²) in [7, 11) is 0. The van der Waals surface area contributed by atoms with Gasteiger partial charge in [0.15, 0.2) is 0 Å². The third-order valence-electron chi connectivity index (χ3n) is 5.20. The first kappa shape index (κ1) is 17.7. The molecule has 0 N–H and O–H groups in total. The first-order valence-electron chi connectivity index (χ1n) is 9.43. The molecule has 0 aliphatic heterocycles. The summed E-state index contributed by atoms with van der Waals surface area (Å²) in [5, 5.41) is 1.18. The zero-order valence-corrected chi connectivity index (χ0v) is 15.2. The topological polar surface area (TPSA) is 48.3 Å². The van der Waals surface area contributed by atoms with Gasteiger partial charge in [0, 0.05) is 29.1 Å². The van der Waals surface area contributed by atoms with Crippen molar-refractivity contribution in [1.82, 2.24) is 4.57 Å². The maximum Gasteiger partial charge on any atom is 0.314 e. The van der Waals surface area contributed by atoms with Gasteiger partial charge in [-0.1, -0.05) is 38.0 Å². The van der Waals surface area contributed by atoms with E-state index in [1.165, 1.54) is 17.3 Å². The Labute approximate surface area is 149 Å². The van der Waals surface area contributed by atoms with E-state index in [9.17, 15) is 9.59 Å². The predicted octanol–water partition coefficient (Wildman–Crippen LogP) is 4.24. The number of aromatic nitrogens is 1. The number of rotatable bonds is 7. The van der Waals surface area contributed by atoms with Crippen LogP contribution in [-0.2, 0) is 27.3 Å². The Morgan fingerprint density at radius 1 is 1.28 bits per heavy atom. The maximum atomic E-state index is 12.6. The Balaban J connectivity index is 2.13. The Hall–Kier alpha value is -2.10. The Morgan fingerprint density at radius 3 is 2.80 bits per heavy atom. The van der Waals surface area contributed by atoms with E-state index in [1.54, 1.807) is 0 Å². The molecular weight excluding hydrogens is 314 g/mol. The highest BCUT2D eigenvalue weighted by Gasteiger charge is 2.37. The fraction of sp³-hybridized carbons (Fsp3) is 0.524. The summed E-state index contributed by atoms with van der Waals surface area (Å²) in [5.74, 6) is -0.653. The molecule has 0 radical (unpaired) electrons. The second kappa shape index (κ2) is 7.85.